The molecule has 0 spiro atoms. The Bertz CT molecular complexity index is 1080. The third kappa shape index (κ3) is 5.60. The molecule has 1 saturated heterocycles. The summed E-state index contributed by atoms with van der Waals surface area (Å²) in [5.41, 5.74) is 1.40. The van der Waals surface area contributed by atoms with E-state index in [0.29, 0.717) is 16.8 Å². The van der Waals surface area contributed by atoms with Crippen molar-refractivity contribution >= 4 is 40.3 Å². The van der Waals surface area contributed by atoms with Crippen LogP contribution < -0.4 is 5.32 Å². The summed E-state index contributed by atoms with van der Waals surface area (Å²) in [4.78, 5) is 44.9. The SMILES string of the molecule is CN(Cc1ccccc1F)C(=O)c1ccc(NC(=O)CC2SC(N3CCCC3)=NC2=O)cc1. The van der Waals surface area contributed by atoms with Crippen LogP contribution in [0.25, 0.3) is 0 Å². The molecule has 2 aromatic rings. The van der Waals surface area contributed by atoms with Gasteiger partial charge >= 0.3 is 0 Å². The minimum absolute atomic E-state index is 0.0381. The van der Waals surface area contributed by atoms with Crippen LogP contribution in [-0.2, 0) is 16.1 Å². The predicted octanol–water partition coefficient (Wildman–Crippen LogP) is 3.52. The average molecular weight is 469 g/mol. The number of hydrogen-bond donors (Lipinski definition) is 1. The van der Waals surface area contributed by atoms with Gasteiger partial charge in [0.1, 0.15) is 11.1 Å². The number of halogens is 1. The topological polar surface area (TPSA) is 82.1 Å². The maximum atomic E-state index is 13.8. The molecule has 2 aliphatic heterocycles. The zero-order valence-corrected chi connectivity index (χ0v) is 19.1. The third-order valence-electron chi connectivity index (χ3n) is 5.60. The zero-order chi connectivity index (χ0) is 23.4. The van der Waals surface area contributed by atoms with E-state index in [1.165, 1.54) is 22.7 Å². The Balaban J connectivity index is 1.29. The van der Waals surface area contributed by atoms with Gasteiger partial charge in [-0.3, -0.25) is 14.4 Å². The largest absolute Gasteiger partial charge is 0.351 e. The van der Waals surface area contributed by atoms with E-state index in [1.807, 2.05) is 0 Å². The summed E-state index contributed by atoms with van der Waals surface area (Å²) in [6, 6.07) is 12.8. The van der Waals surface area contributed by atoms with E-state index in [2.05, 4.69) is 15.2 Å². The highest BCUT2D eigenvalue weighted by Crippen LogP contribution is 2.29. The molecule has 7 nitrogen and oxygen atoms in total. The molecule has 172 valence electrons. The first-order chi connectivity index (χ1) is 15.9. The van der Waals surface area contributed by atoms with Gasteiger partial charge in [-0.15, -0.1) is 0 Å². The van der Waals surface area contributed by atoms with Gasteiger partial charge in [-0.25, -0.2) is 4.39 Å². The maximum absolute atomic E-state index is 13.8. The van der Waals surface area contributed by atoms with Gasteiger partial charge < -0.3 is 15.1 Å². The summed E-state index contributed by atoms with van der Waals surface area (Å²) < 4.78 is 13.8. The number of carbonyl (C=O) groups excluding carboxylic acids is 3. The first-order valence-electron chi connectivity index (χ1n) is 10.8. The molecule has 0 bridgehead atoms. The van der Waals surface area contributed by atoms with Gasteiger partial charge in [0.05, 0.1) is 0 Å². The molecule has 0 aliphatic carbocycles. The second-order valence-electron chi connectivity index (χ2n) is 8.12. The van der Waals surface area contributed by atoms with E-state index in [4.69, 9.17) is 0 Å². The van der Waals surface area contributed by atoms with E-state index >= 15 is 0 Å². The van der Waals surface area contributed by atoms with Crippen LogP contribution in [0.2, 0.25) is 0 Å². The predicted molar refractivity (Wildman–Crippen MR) is 127 cm³/mol. The van der Waals surface area contributed by atoms with E-state index in [9.17, 15) is 18.8 Å². The Hall–Kier alpha value is -3.20. The molecule has 33 heavy (non-hydrogen) atoms. The molecule has 2 aliphatic rings. The Kier molecular flexibility index (Phi) is 7.08. The number of rotatable bonds is 6. The Morgan fingerprint density at radius 2 is 1.85 bits per heavy atom. The van der Waals surface area contributed by atoms with E-state index in [-0.39, 0.29) is 36.5 Å². The lowest BCUT2D eigenvalue weighted by atomic mass is 10.1. The van der Waals surface area contributed by atoms with Crippen molar-refractivity contribution in [2.24, 2.45) is 4.99 Å². The van der Waals surface area contributed by atoms with Crippen molar-refractivity contribution in [3.05, 3.63) is 65.5 Å². The van der Waals surface area contributed by atoms with Crippen molar-refractivity contribution in [1.82, 2.24) is 9.80 Å². The summed E-state index contributed by atoms with van der Waals surface area (Å²) in [5, 5.41) is 2.99. The average Bonchev–Trinajstić information content (AvgIpc) is 3.46. The van der Waals surface area contributed by atoms with Crippen LogP contribution in [0.5, 0.6) is 0 Å². The molecule has 1 fully saturated rings. The lowest BCUT2D eigenvalue weighted by Crippen LogP contribution is -2.26. The molecule has 0 aromatic heterocycles. The molecule has 4 rings (SSSR count). The molecule has 9 heteroatoms. The molecule has 1 atom stereocenters. The summed E-state index contributed by atoms with van der Waals surface area (Å²) in [7, 11) is 1.61. The first-order valence-corrected chi connectivity index (χ1v) is 11.7. The van der Waals surface area contributed by atoms with Crippen LogP contribution >= 0.6 is 11.8 Å². The van der Waals surface area contributed by atoms with Crippen molar-refractivity contribution in [3.8, 4) is 0 Å². The molecule has 1 unspecified atom stereocenters. The molecule has 2 aromatic carbocycles. The quantitative estimate of drug-likeness (QED) is 0.702. The van der Waals surface area contributed by atoms with Crippen LogP contribution in [0.3, 0.4) is 0 Å². The van der Waals surface area contributed by atoms with Crippen LogP contribution in [0.4, 0.5) is 10.1 Å². The van der Waals surface area contributed by atoms with E-state index in [1.54, 1.807) is 49.5 Å². The van der Waals surface area contributed by atoms with Crippen molar-refractivity contribution in [1.29, 1.82) is 0 Å². The Morgan fingerprint density at radius 3 is 2.55 bits per heavy atom. The second kappa shape index (κ2) is 10.2. The number of anilines is 1. The van der Waals surface area contributed by atoms with Gasteiger partial charge in [0.2, 0.25) is 5.91 Å². The normalized spacial score (nSPS) is 17.8. The van der Waals surface area contributed by atoms with Crippen LogP contribution in [0.1, 0.15) is 35.2 Å². The number of likely N-dealkylation sites (tertiary alicyclic amines) is 1. The molecule has 1 N–H and O–H groups in total. The summed E-state index contributed by atoms with van der Waals surface area (Å²) in [6.07, 6.45) is 2.23. The monoisotopic (exact) mass is 468 g/mol. The number of benzene rings is 2. The fourth-order valence-corrected chi connectivity index (χ4v) is 4.92. The Labute approximate surface area is 196 Å². The number of nitrogens with zero attached hydrogens (tertiary/aromatic N) is 3. The smallest absolute Gasteiger partial charge is 0.262 e. The van der Waals surface area contributed by atoms with Crippen molar-refractivity contribution < 1.29 is 18.8 Å². The van der Waals surface area contributed by atoms with Gasteiger partial charge in [-0.1, -0.05) is 30.0 Å². The molecule has 2 heterocycles. The zero-order valence-electron chi connectivity index (χ0n) is 18.3. The minimum atomic E-state index is -0.506. The number of hydrogen-bond acceptors (Lipinski definition) is 5. The number of amidine groups is 1. The van der Waals surface area contributed by atoms with Crippen LogP contribution in [0.15, 0.2) is 53.5 Å². The number of thioether (sulfide) groups is 1. The second-order valence-corrected chi connectivity index (χ2v) is 9.29. The van der Waals surface area contributed by atoms with E-state index < -0.39 is 5.25 Å². The molecule has 0 saturated carbocycles. The highest BCUT2D eigenvalue weighted by Gasteiger charge is 2.33. The fourth-order valence-electron chi connectivity index (χ4n) is 3.80. The van der Waals surface area contributed by atoms with Crippen molar-refractivity contribution in [2.75, 3.05) is 25.5 Å². The van der Waals surface area contributed by atoms with Crippen LogP contribution in [-0.4, -0.2) is 58.1 Å². The maximum Gasteiger partial charge on any atom is 0.262 e. The van der Waals surface area contributed by atoms with Gasteiger partial charge in [0.15, 0.2) is 5.17 Å². The third-order valence-corrected chi connectivity index (χ3v) is 6.82. The van der Waals surface area contributed by atoms with Crippen LogP contribution in [0, 0.1) is 5.82 Å². The van der Waals surface area contributed by atoms with Gasteiger partial charge in [-0.05, 0) is 43.2 Å². The number of aliphatic imine (C=N–C) groups is 1. The number of nitrogens with one attached hydrogen (secondary N) is 1. The fraction of sp³-hybridized carbons (Fsp3) is 0.333. The lowest BCUT2D eigenvalue weighted by molar-refractivity contribution is -0.121. The highest BCUT2D eigenvalue weighted by atomic mass is 32.2. The van der Waals surface area contributed by atoms with Gasteiger partial charge in [-0.2, -0.15) is 4.99 Å². The van der Waals surface area contributed by atoms with Crippen molar-refractivity contribution in [3.63, 3.8) is 0 Å². The van der Waals surface area contributed by atoms with Gasteiger partial charge in [0, 0.05) is 49.9 Å². The first kappa shape index (κ1) is 23.0. The number of amides is 3. The van der Waals surface area contributed by atoms with Crippen molar-refractivity contribution in [2.45, 2.75) is 31.1 Å². The minimum Gasteiger partial charge on any atom is -0.351 e. The molecular weight excluding hydrogens is 443 g/mol. The number of carbonyl (C=O) groups is 3. The van der Waals surface area contributed by atoms with Gasteiger partial charge in [0.25, 0.3) is 11.8 Å². The highest BCUT2D eigenvalue weighted by molar-refractivity contribution is 8.15. The molecule has 0 radical (unpaired) electrons. The summed E-state index contributed by atoms with van der Waals surface area (Å²) >= 11 is 1.35. The van der Waals surface area contributed by atoms with E-state index in [0.717, 1.165) is 31.1 Å². The summed E-state index contributed by atoms with van der Waals surface area (Å²) in [5.74, 6) is -1.16. The molecular formula is C24H25FN4O3S. The Morgan fingerprint density at radius 1 is 1.15 bits per heavy atom. The molecule has 3 amide bonds. The summed E-state index contributed by atoms with van der Waals surface area (Å²) in [6.45, 7) is 1.95. The standard InChI is InChI=1S/C24H25FN4O3S/c1-28(15-17-6-2-3-7-19(17)25)23(32)16-8-10-18(11-9-16)26-21(30)14-20-22(31)27-24(33-20)29-12-4-5-13-29/h2-3,6-11,20H,4-5,12-15H2,1H3,(H,26,30). The lowest BCUT2D eigenvalue weighted by Gasteiger charge is -2.18.